The van der Waals surface area contributed by atoms with Crippen LogP contribution >= 0.6 is 11.8 Å². The van der Waals surface area contributed by atoms with Crippen molar-refractivity contribution < 1.29 is 27.2 Å². The molecule has 2 aromatic rings. The predicted octanol–water partition coefficient (Wildman–Crippen LogP) is 4.64. The molecule has 11 heteroatoms. The van der Waals surface area contributed by atoms with E-state index in [2.05, 4.69) is 15.6 Å². The number of hydrogen-bond donors (Lipinski definition) is 2. The van der Waals surface area contributed by atoms with E-state index in [1.54, 1.807) is 25.1 Å². The lowest BCUT2D eigenvalue weighted by atomic mass is 9.80. The van der Waals surface area contributed by atoms with Crippen molar-refractivity contribution in [1.82, 2.24) is 20.5 Å². The van der Waals surface area contributed by atoms with Crippen molar-refractivity contribution in [2.24, 2.45) is 5.41 Å². The Morgan fingerprint density at radius 1 is 1.22 bits per heavy atom. The molecule has 0 bridgehead atoms. The van der Waals surface area contributed by atoms with E-state index in [1.165, 1.54) is 37.3 Å². The van der Waals surface area contributed by atoms with E-state index in [0.29, 0.717) is 22.4 Å². The maximum Gasteiger partial charge on any atom is 0.395 e. The molecule has 0 saturated heterocycles. The topological polar surface area (TPSA) is 74.3 Å². The van der Waals surface area contributed by atoms with Gasteiger partial charge < -0.3 is 10.6 Å². The highest BCUT2D eigenvalue weighted by Crippen LogP contribution is 2.66. The number of halogens is 4. The van der Waals surface area contributed by atoms with Crippen molar-refractivity contribution in [2.45, 2.75) is 49.4 Å². The average molecular weight is 541 g/mol. The van der Waals surface area contributed by atoms with Gasteiger partial charge in [0.25, 0.3) is 5.91 Å². The highest BCUT2D eigenvalue weighted by molar-refractivity contribution is 7.99. The van der Waals surface area contributed by atoms with Gasteiger partial charge in [-0.25, -0.2) is 4.39 Å². The van der Waals surface area contributed by atoms with Gasteiger partial charge in [-0.1, -0.05) is 12.1 Å². The lowest BCUT2D eigenvalue weighted by Crippen LogP contribution is -2.40. The summed E-state index contributed by atoms with van der Waals surface area (Å²) in [7, 11) is 5.09. The molecule has 202 valence electrons. The molecular formula is C26H32F4N4O2S. The van der Waals surface area contributed by atoms with E-state index in [4.69, 9.17) is 0 Å². The predicted molar refractivity (Wildman–Crippen MR) is 136 cm³/mol. The molecule has 1 aliphatic carbocycles. The van der Waals surface area contributed by atoms with Crippen molar-refractivity contribution in [3.63, 3.8) is 0 Å². The Balaban J connectivity index is 1.65. The minimum Gasteiger partial charge on any atom is -0.355 e. The normalized spacial score (nSPS) is 16.2. The number of likely N-dealkylation sites (N-methyl/N-ethyl adjacent to an activating group) is 1. The second-order valence-electron chi connectivity index (χ2n) is 9.52. The van der Waals surface area contributed by atoms with Gasteiger partial charge in [0.1, 0.15) is 5.82 Å². The van der Waals surface area contributed by atoms with Gasteiger partial charge in [0.15, 0.2) is 0 Å². The molecule has 6 nitrogen and oxygen atoms in total. The van der Waals surface area contributed by atoms with Gasteiger partial charge in [-0.05, 0) is 62.7 Å². The van der Waals surface area contributed by atoms with E-state index >= 15 is 0 Å². The maximum absolute atomic E-state index is 14.7. The van der Waals surface area contributed by atoms with Crippen LogP contribution in [-0.4, -0.2) is 60.9 Å². The molecule has 3 rings (SSSR count). The van der Waals surface area contributed by atoms with Gasteiger partial charge in [0.2, 0.25) is 5.91 Å². The molecule has 1 heterocycles. The first kappa shape index (κ1) is 28.9. The van der Waals surface area contributed by atoms with Gasteiger partial charge >= 0.3 is 6.18 Å². The molecule has 1 fully saturated rings. The third-order valence-corrected chi connectivity index (χ3v) is 8.40. The Hall–Kier alpha value is -2.66. The zero-order chi connectivity index (χ0) is 27.4. The summed E-state index contributed by atoms with van der Waals surface area (Å²) < 4.78 is 56.4. The Labute approximate surface area is 218 Å². The summed E-state index contributed by atoms with van der Waals surface area (Å²) >= 11 is 1.46. The minimum atomic E-state index is -4.41. The molecule has 1 saturated carbocycles. The van der Waals surface area contributed by atoms with Crippen LogP contribution in [0.15, 0.2) is 36.7 Å². The zero-order valence-electron chi connectivity index (χ0n) is 21.3. The summed E-state index contributed by atoms with van der Waals surface area (Å²) in [5, 5.41) is 4.99. The Morgan fingerprint density at radius 2 is 1.92 bits per heavy atom. The molecule has 2 atom stereocenters. The molecule has 1 aromatic carbocycles. The number of alkyl halides is 3. The van der Waals surface area contributed by atoms with E-state index in [9.17, 15) is 27.2 Å². The average Bonchev–Trinajstić information content (AvgIpc) is 3.67. The summed E-state index contributed by atoms with van der Waals surface area (Å²) in [6.07, 6.45) is -1.81. The summed E-state index contributed by atoms with van der Waals surface area (Å²) in [6.45, 7) is 1.81. The molecule has 0 aliphatic heterocycles. The number of hydrogen-bond acceptors (Lipinski definition) is 5. The zero-order valence-corrected chi connectivity index (χ0v) is 22.1. The molecule has 0 unspecified atom stereocenters. The minimum absolute atomic E-state index is 0.00582. The molecule has 37 heavy (non-hydrogen) atoms. The standard InChI is InChI=1S/C26H32F4N4O2S/c1-16-18(7-8-19(23(16)27)24(36)31-2)15-37-22(34(3)4)14-33-21(35)12-20(17-6-5-11-32-13-17)25(9-10-25)26(28,29)30/h5-8,11,13,20,22H,9-10,12,14-15H2,1-4H3,(H,31,36)(H,33,35)/t20-,22+/m1/s1. The fraction of sp³-hybridized carbons (Fsp3) is 0.500. The SMILES string of the molecule is CNC(=O)c1ccc(CS[C@@H](CNC(=O)C[C@H](c2cccnc2)C2(C(F)(F)F)CC2)N(C)C)c(C)c1F. The smallest absolute Gasteiger partial charge is 0.355 e. The first-order valence-corrected chi connectivity index (χ1v) is 13.0. The highest BCUT2D eigenvalue weighted by atomic mass is 32.2. The van der Waals surface area contributed by atoms with Crippen molar-refractivity contribution in [1.29, 1.82) is 0 Å². The maximum atomic E-state index is 14.7. The molecule has 2 N–H and O–H groups in total. The largest absolute Gasteiger partial charge is 0.395 e. The quantitative estimate of drug-likeness (QED) is 0.321. The second-order valence-corrected chi connectivity index (χ2v) is 10.7. The molecule has 0 spiro atoms. The number of carbonyl (C=O) groups is 2. The molecule has 0 radical (unpaired) electrons. The van der Waals surface area contributed by atoms with Crippen molar-refractivity contribution >= 4 is 23.6 Å². The fourth-order valence-electron chi connectivity index (χ4n) is 4.41. The van der Waals surface area contributed by atoms with E-state index < -0.39 is 35.1 Å². The Bertz CT molecular complexity index is 1110. The van der Waals surface area contributed by atoms with Crippen LogP contribution in [0.1, 0.15) is 52.2 Å². The summed E-state index contributed by atoms with van der Waals surface area (Å²) in [6, 6.07) is 6.31. The van der Waals surface area contributed by atoms with Crippen LogP contribution in [0.4, 0.5) is 17.6 Å². The molecule has 2 amide bonds. The van der Waals surface area contributed by atoms with Gasteiger partial charge in [-0.2, -0.15) is 13.2 Å². The molecular weight excluding hydrogens is 508 g/mol. The summed E-state index contributed by atoms with van der Waals surface area (Å²) in [5.74, 6) is -2.13. The lowest BCUT2D eigenvalue weighted by Gasteiger charge is -2.29. The number of thioether (sulfide) groups is 1. The van der Waals surface area contributed by atoms with Crippen LogP contribution in [0.5, 0.6) is 0 Å². The summed E-state index contributed by atoms with van der Waals surface area (Å²) in [4.78, 5) is 30.5. The Morgan fingerprint density at radius 3 is 2.46 bits per heavy atom. The lowest BCUT2D eigenvalue weighted by molar-refractivity contribution is -0.194. The van der Waals surface area contributed by atoms with E-state index in [-0.39, 0.29) is 36.7 Å². The van der Waals surface area contributed by atoms with Crippen molar-refractivity contribution in [2.75, 3.05) is 27.7 Å². The van der Waals surface area contributed by atoms with Crippen LogP contribution in [-0.2, 0) is 10.5 Å². The second kappa shape index (κ2) is 11.8. The molecule has 1 aliphatic rings. The number of benzene rings is 1. The van der Waals surface area contributed by atoms with Gasteiger partial charge in [-0.15, -0.1) is 11.8 Å². The van der Waals surface area contributed by atoms with Crippen molar-refractivity contribution in [3.05, 3.63) is 64.7 Å². The van der Waals surface area contributed by atoms with Gasteiger partial charge in [0, 0.05) is 44.1 Å². The van der Waals surface area contributed by atoms with Crippen LogP contribution in [0.25, 0.3) is 0 Å². The van der Waals surface area contributed by atoms with Crippen LogP contribution in [0.3, 0.4) is 0 Å². The number of nitrogens with one attached hydrogen (secondary N) is 2. The van der Waals surface area contributed by atoms with Crippen LogP contribution in [0.2, 0.25) is 0 Å². The Kier molecular flexibility index (Phi) is 9.22. The number of rotatable bonds is 11. The number of nitrogens with zero attached hydrogens (tertiary/aromatic N) is 2. The monoisotopic (exact) mass is 540 g/mol. The fourth-order valence-corrected chi connectivity index (χ4v) is 5.59. The highest BCUT2D eigenvalue weighted by Gasteiger charge is 2.67. The van der Waals surface area contributed by atoms with E-state index in [1.807, 2.05) is 19.0 Å². The van der Waals surface area contributed by atoms with E-state index in [0.717, 1.165) is 0 Å². The first-order chi connectivity index (χ1) is 17.4. The number of pyridine rings is 1. The van der Waals surface area contributed by atoms with Crippen molar-refractivity contribution in [3.8, 4) is 0 Å². The first-order valence-electron chi connectivity index (χ1n) is 11.9. The van der Waals surface area contributed by atoms with Gasteiger partial charge in [0.05, 0.1) is 16.4 Å². The van der Waals surface area contributed by atoms with Gasteiger partial charge in [-0.3, -0.25) is 19.5 Å². The molecule has 1 aromatic heterocycles. The number of aromatic nitrogens is 1. The third-order valence-electron chi connectivity index (χ3n) is 6.95. The third kappa shape index (κ3) is 6.62. The number of carbonyl (C=O) groups excluding carboxylic acids is 2. The van der Waals surface area contributed by atoms with Crippen LogP contribution < -0.4 is 10.6 Å². The van der Waals surface area contributed by atoms with Crippen LogP contribution in [0, 0.1) is 18.2 Å². The number of amides is 2. The summed E-state index contributed by atoms with van der Waals surface area (Å²) in [5.41, 5.74) is -0.433.